The van der Waals surface area contributed by atoms with Crippen molar-refractivity contribution in [1.29, 1.82) is 0 Å². The normalized spacial score (nSPS) is 21.4. The highest BCUT2D eigenvalue weighted by Crippen LogP contribution is 2.30. The van der Waals surface area contributed by atoms with Crippen LogP contribution in [0.1, 0.15) is 27.2 Å². The highest BCUT2D eigenvalue weighted by Gasteiger charge is 2.34. The number of aromatic nitrogens is 1. The lowest BCUT2D eigenvalue weighted by Gasteiger charge is -2.34. The fourth-order valence-electron chi connectivity index (χ4n) is 3.21. The average Bonchev–Trinajstić information content (AvgIpc) is 2.92. The van der Waals surface area contributed by atoms with Crippen molar-refractivity contribution >= 4 is 23.4 Å². The molecule has 1 N–H and O–H groups in total. The molecule has 2 aliphatic heterocycles. The smallest absolute Gasteiger partial charge is 0.320 e. The molecule has 3 rings (SSSR count). The van der Waals surface area contributed by atoms with E-state index in [-0.39, 0.29) is 24.5 Å². The summed E-state index contributed by atoms with van der Waals surface area (Å²) >= 11 is 0. The molecule has 0 saturated carbocycles. The summed E-state index contributed by atoms with van der Waals surface area (Å²) in [5.74, 6) is 0.570. The van der Waals surface area contributed by atoms with E-state index in [1.165, 1.54) is 0 Å². The van der Waals surface area contributed by atoms with Gasteiger partial charge in [-0.1, -0.05) is 0 Å². The van der Waals surface area contributed by atoms with Gasteiger partial charge in [0.2, 0.25) is 5.91 Å². The first-order valence-corrected chi connectivity index (χ1v) is 8.27. The van der Waals surface area contributed by atoms with E-state index in [0.717, 1.165) is 31.0 Å². The van der Waals surface area contributed by atoms with Gasteiger partial charge in [0.25, 0.3) is 0 Å². The number of nitrogens with one attached hydrogen (secondary N) is 1. The van der Waals surface area contributed by atoms with Crippen LogP contribution in [0.15, 0.2) is 18.3 Å². The van der Waals surface area contributed by atoms with Crippen LogP contribution in [0.5, 0.6) is 0 Å². The Hall–Kier alpha value is -2.15. The summed E-state index contributed by atoms with van der Waals surface area (Å²) < 4.78 is 5.38. The van der Waals surface area contributed by atoms with Crippen LogP contribution < -0.4 is 10.2 Å². The molecule has 1 aromatic heterocycles. The molecule has 0 spiro atoms. The summed E-state index contributed by atoms with van der Waals surface area (Å²) in [6.45, 7) is 7.72. The molecule has 7 heteroatoms. The molecule has 2 aliphatic rings. The number of hydrogen-bond donors (Lipinski definition) is 1. The maximum atomic E-state index is 12.0. The number of anilines is 2. The van der Waals surface area contributed by atoms with Gasteiger partial charge in [-0.2, -0.15) is 0 Å². The molecule has 7 nitrogen and oxygen atoms in total. The summed E-state index contributed by atoms with van der Waals surface area (Å²) in [4.78, 5) is 32.5. The van der Waals surface area contributed by atoms with E-state index in [2.05, 4.69) is 15.2 Å². The molecular weight excluding hydrogens is 308 g/mol. The van der Waals surface area contributed by atoms with Gasteiger partial charge in [0.15, 0.2) is 5.82 Å². The minimum atomic E-state index is -0.468. The number of pyridine rings is 1. The van der Waals surface area contributed by atoms with Crippen molar-refractivity contribution in [3.63, 3.8) is 0 Å². The first kappa shape index (κ1) is 16.7. The molecule has 1 saturated heterocycles. The van der Waals surface area contributed by atoms with E-state index in [0.29, 0.717) is 6.54 Å². The van der Waals surface area contributed by atoms with Gasteiger partial charge in [-0.15, -0.1) is 0 Å². The Morgan fingerprint density at radius 3 is 3.00 bits per heavy atom. The lowest BCUT2D eigenvalue weighted by Crippen LogP contribution is -2.46. The topological polar surface area (TPSA) is 74.8 Å². The molecule has 130 valence electrons. The number of carbonyl (C=O) groups is 2. The van der Waals surface area contributed by atoms with Crippen LogP contribution in [0.4, 0.5) is 11.5 Å². The Morgan fingerprint density at radius 1 is 1.46 bits per heavy atom. The maximum Gasteiger partial charge on any atom is 0.320 e. The fourth-order valence-corrected chi connectivity index (χ4v) is 3.21. The second-order valence-electron chi connectivity index (χ2n) is 7.31. The molecular formula is C17H24N4O3. The van der Waals surface area contributed by atoms with E-state index in [4.69, 9.17) is 4.74 Å². The zero-order valence-corrected chi connectivity index (χ0v) is 14.4. The standard InChI is InChI=1S/C17H24N4O3/c1-17(2,3)24-15(23)11-20-8-6-12(9-20)21-10-14(22)19-13-5-4-7-18-16(13)21/h4-5,7,12H,6,8-11H2,1-3H3,(H,19,22). The van der Waals surface area contributed by atoms with Crippen LogP contribution in [0, 0.1) is 0 Å². The molecule has 0 bridgehead atoms. The number of rotatable bonds is 3. The number of esters is 1. The minimum Gasteiger partial charge on any atom is -0.459 e. The lowest BCUT2D eigenvalue weighted by molar-refractivity contribution is -0.155. The molecule has 1 atom stereocenters. The van der Waals surface area contributed by atoms with Crippen LogP contribution in [0.2, 0.25) is 0 Å². The first-order valence-electron chi connectivity index (χ1n) is 8.27. The summed E-state index contributed by atoms with van der Waals surface area (Å²) in [6, 6.07) is 3.85. The molecule has 1 unspecified atom stereocenters. The van der Waals surface area contributed by atoms with Gasteiger partial charge >= 0.3 is 5.97 Å². The second kappa shape index (κ2) is 6.39. The van der Waals surface area contributed by atoms with Crippen molar-refractivity contribution in [2.75, 3.05) is 36.4 Å². The number of amides is 1. The van der Waals surface area contributed by atoms with E-state index in [9.17, 15) is 9.59 Å². The van der Waals surface area contributed by atoms with Gasteiger partial charge in [0, 0.05) is 25.3 Å². The Balaban J connectivity index is 1.64. The SMILES string of the molecule is CC(C)(C)OC(=O)CN1CCC(N2CC(=O)Nc3cccnc32)C1. The third-order valence-corrected chi connectivity index (χ3v) is 4.11. The Morgan fingerprint density at radius 2 is 2.25 bits per heavy atom. The van der Waals surface area contributed by atoms with E-state index in [1.54, 1.807) is 6.20 Å². The van der Waals surface area contributed by atoms with Gasteiger partial charge in [0.05, 0.1) is 18.8 Å². The van der Waals surface area contributed by atoms with Gasteiger partial charge in [-0.3, -0.25) is 14.5 Å². The summed E-state index contributed by atoms with van der Waals surface area (Å²) in [6.07, 6.45) is 2.63. The number of fused-ring (bicyclic) bond motifs is 1. The zero-order valence-electron chi connectivity index (χ0n) is 14.4. The molecule has 0 aromatic carbocycles. The maximum absolute atomic E-state index is 12.0. The molecule has 0 radical (unpaired) electrons. The Labute approximate surface area is 142 Å². The minimum absolute atomic E-state index is 0.0268. The summed E-state index contributed by atoms with van der Waals surface area (Å²) in [5.41, 5.74) is 0.281. The van der Waals surface area contributed by atoms with Crippen molar-refractivity contribution in [2.24, 2.45) is 0 Å². The summed E-state index contributed by atoms with van der Waals surface area (Å²) in [5, 5.41) is 2.85. The summed E-state index contributed by atoms with van der Waals surface area (Å²) in [7, 11) is 0. The van der Waals surface area contributed by atoms with Crippen LogP contribution in [-0.2, 0) is 14.3 Å². The number of carbonyl (C=O) groups excluding carboxylic acids is 2. The van der Waals surface area contributed by atoms with Gasteiger partial charge in [0.1, 0.15) is 5.60 Å². The Bertz CT molecular complexity index is 641. The highest BCUT2D eigenvalue weighted by molar-refractivity contribution is 6.00. The second-order valence-corrected chi connectivity index (χ2v) is 7.31. The van der Waals surface area contributed by atoms with Crippen molar-refractivity contribution in [2.45, 2.75) is 38.8 Å². The first-order chi connectivity index (χ1) is 11.3. The van der Waals surface area contributed by atoms with Crippen molar-refractivity contribution in [3.8, 4) is 0 Å². The predicted octanol–water partition coefficient (Wildman–Crippen LogP) is 1.26. The quantitative estimate of drug-likeness (QED) is 0.840. The highest BCUT2D eigenvalue weighted by atomic mass is 16.6. The lowest BCUT2D eigenvalue weighted by atomic mass is 10.1. The van der Waals surface area contributed by atoms with Crippen molar-refractivity contribution in [1.82, 2.24) is 9.88 Å². The van der Waals surface area contributed by atoms with Crippen molar-refractivity contribution < 1.29 is 14.3 Å². The van der Waals surface area contributed by atoms with Crippen LogP contribution in [0.25, 0.3) is 0 Å². The third kappa shape index (κ3) is 3.84. The van der Waals surface area contributed by atoms with Gasteiger partial charge in [-0.05, 0) is 39.3 Å². The Kier molecular flexibility index (Phi) is 4.45. The molecule has 1 aromatic rings. The molecule has 1 amide bonds. The number of nitrogens with zero attached hydrogens (tertiary/aromatic N) is 3. The largest absolute Gasteiger partial charge is 0.459 e. The number of hydrogen-bond acceptors (Lipinski definition) is 6. The monoisotopic (exact) mass is 332 g/mol. The number of ether oxygens (including phenoxy) is 1. The molecule has 24 heavy (non-hydrogen) atoms. The molecule has 0 aliphatic carbocycles. The van der Waals surface area contributed by atoms with Crippen molar-refractivity contribution in [3.05, 3.63) is 18.3 Å². The van der Waals surface area contributed by atoms with E-state index >= 15 is 0 Å². The van der Waals surface area contributed by atoms with Crippen LogP contribution >= 0.6 is 0 Å². The van der Waals surface area contributed by atoms with E-state index in [1.807, 2.05) is 37.8 Å². The van der Waals surface area contributed by atoms with E-state index < -0.39 is 5.60 Å². The fraction of sp³-hybridized carbons (Fsp3) is 0.588. The van der Waals surface area contributed by atoms with Crippen LogP contribution in [0.3, 0.4) is 0 Å². The number of likely N-dealkylation sites (tertiary alicyclic amines) is 1. The zero-order chi connectivity index (χ0) is 17.3. The van der Waals surface area contributed by atoms with Gasteiger partial charge in [-0.25, -0.2) is 4.98 Å². The molecule has 1 fully saturated rings. The third-order valence-electron chi connectivity index (χ3n) is 4.11. The van der Waals surface area contributed by atoms with Gasteiger partial charge < -0.3 is 15.0 Å². The van der Waals surface area contributed by atoms with Crippen LogP contribution in [-0.4, -0.2) is 59.6 Å². The molecule has 3 heterocycles. The average molecular weight is 332 g/mol. The predicted molar refractivity (Wildman–Crippen MR) is 90.9 cm³/mol.